The van der Waals surface area contributed by atoms with Gasteiger partial charge in [0.25, 0.3) is 5.91 Å². The third kappa shape index (κ3) is 8.60. The fraction of sp³-hybridized carbons (Fsp3) is 0.483. The number of amides is 3. The quantitative estimate of drug-likeness (QED) is 0.440. The van der Waals surface area contributed by atoms with Crippen molar-refractivity contribution in [2.45, 2.75) is 61.1 Å². The molecule has 2 N–H and O–H groups in total. The summed E-state index contributed by atoms with van der Waals surface area (Å²) in [5, 5.41) is 9.45. The molecule has 3 amide bonds. The summed E-state index contributed by atoms with van der Waals surface area (Å²) in [4.78, 5) is 39.6. The predicted octanol–water partition coefficient (Wildman–Crippen LogP) is 4.34. The second-order valence-electron chi connectivity index (χ2n) is 9.93. The second kappa shape index (κ2) is 13.8. The zero-order valence-electron chi connectivity index (χ0n) is 22.1. The van der Waals surface area contributed by atoms with E-state index in [1.54, 1.807) is 17.0 Å². The second-order valence-corrected chi connectivity index (χ2v) is 9.93. The first-order valence-corrected chi connectivity index (χ1v) is 12.6. The van der Waals surface area contributed by atoms with Crippen LogP contribution < -0.4 is 15.5 Å². The summed E-state index contributed by atoms with van der Waals surface area (Å²) in [6.07, 6.45) is 1.96. The van der Waals surface area contributed by atoms with E-state index in [4.69, 9.17) is 0 Å². The molecule has 0 radical (unpaired) electrons. The Bertz CT molecular complexity index is 1060. The highest BCUT2D eigenvalue weighted by atomic mass is 16.2. The molecule has 1 aliphatic heterocycles. The van der Waals surface area contributed by atoms with Crippen LogP contribution >= 0.6 is 0 Å². The Labute approximate surface area is 222 Å². The van der Waals surface area contributed by atoms with Gasteiger partial charge in [0.05, 0.1) is 13.1 Å². The Balaban J connectivity index is 0.00000481. The van der Waals surface area contributed by atoms with E-state index < -0.39 is 0 Å². The number of carbonyl (C=O) groups is 3. The van der Waals surface area contributed by atoms with Gasteiger partial charge >= 0.3 is 0 Å². The summed E-state index contributed by atoms with van der Waals surface area (Å²) in [7, 11) is 1.78. The van der Waals surface area contributed by atoms with Gasteiger partial charge in [0, 0.05) is 45.0 Å². The average molecular weight is 510 g/mol. The number of rotatable bonds is 11. The molecule has 0 spiro atoms. The van der Waals surface area contributed by atoms with Crippen molar-refractivity contribution >= 4 is 29.1 Å². The summed E-state index contributed by atoms with van der Waals surface area (Å²) in [5.41, 5.74) is 4.72. The molecule has 1 aliphatic rings. The molecule has 1 heterocycles. The largest absolute Gasteiger partial charge is 0.355 e. The number of benzene rings is 2. The molecule has 0 aromatic heterocycles. The molecule has 0 aliphatic carbocycles. The molecule has 37 heavy (non-hydrogen) atoms. The molecule has 202 valence electrons. The van der Waals surface area contributed by atoms with Crippen LogP contribution in [0.25, 0.3) is 0 Å². The molecule has 2 aromatic rings. The van der Waals surface area contributed by atoms with Gasteiger partial charge in [0.1, 0.15) is 0 Å². The fourth-order valence-corrected chi connectivity index (χ4v) is 4.38. The Morgan fingerprint density at radius 2 is 1.68 bits per heavy atom. The zero-order chi connectivity index (χ0) is 26.2. The first-order chi connectivity index (χ1) is 17.1. The lowest BCUT2D eigenvalue weighted by molar-refractivity contribution is -0.145. The van der Waals surface area contributed by atoms with Gasteiger partial charge < -0.3 is 15.5 Å². The van der Waals surface area contributed by atoms with Crippen molar-refractivity contribution in [1.82, 2.24) is 15.3 Å². The molecule has 0 bridgehead atoms. The lowest BCUT2D eigenvalue weighted by Gasteiger charge is -2.32. The number of nitrogens with one attached hydrogen (secondary N) is 2. The van der Waals surface area contributed by atoms with Crippen LogP contribution in [0.5, 0.6) is 0 Å². The number of anilines is 2. The van der Waals surface area contributed by atoms with Crippen LogP contribution in [0.4, 0.5) is 11.4 Å². The lowest BCUT2D eigenvalue weighted by Crippen LogP contribution is -2.48. The Morgan fingerprint density at radius 1 is 1.03 bits per heavy atom. The van der Waals surface area contributed by atoms with Gasteiger partial charge in [-0.25, -0.2) is 5.01 Å². The van der Waals surface area contributed by atoms with Gasteiger partial charge in [0.2, 0.25) is 11.8 Å². The maximum Gasteiger partial charge on any atom is 0.256 e. The molecular formula is C29H43N5O3. The molecule has 0 saturated heterocycles. The molecule has 0 saturated carbocycles. The number of nitrogens with zero attached hydrogens (tertiary/aromatic N) is 3. The number of carbonyl (C=O) groups excluding carboxylic acids is 3. The van der Waals surface area contributed by atoms with E-state index in [1.807, 2.05) is 42.3 Å². The Kier molecular flexibility index (Phi) is 11.1. The first-order valence-electron chi connectivity index (χ1n) is 12.6. The van der Waals surface area contributed by atoms with E-state index in [0.29, 0.717) is 31.2 Å². The fourth-order valence-electron chi connectivity index (χ4n) is 4.38. The van der Waals surface area contributed by atoms with Crippen molar-refractivity contribution in [3.05, 3.63) is 59.2 Å². The lowest BCUT2D eigenvalue weighted by atomic mass is 10.1. The monoisotopic (exact) mass is 509 g/mol. The van der Waals surface area contributed by atoms with Crippen molar-refractivity contribution in [3.63, 3.8) is 0 Å². The van der Waals surface area contributed by atoms with Gasteiger partial charge in [-0.3, -0.25) is 19.4 Å². The standard InChI is InChI=1S/C28H39N5O3.CH4/c1-20(2)9-8-14-29-27(35)18-32(26-15-25(30-22(4)34)13-12-21(26)3)19-28(36)31(5)33-16-23-10-6-7-11-24(23)17-33;/h6-7,10-13,15,20H,8-9,14,16-19H2,1-5H3,(H,29,35)(H,30,34);1H4. The molecule has 8 heteroatoms. The summed E-state index contributed by atoms with van der Waals surface area (Å²) in [6.45, 7) is 9.75. The van der Waals surface area contributed by atoms with Crippen molar-refractivity contribution in [2.24, 2.45) is 5.92 Å². The molecule has 0 unspecified atom stereocenters. The van der Waals surface area contributed by atoms with Crippen LogP contribution in [0.15, 0.2) is 42.5 Å². The number of hydrazine groups is 1. The van der Waals surface area contributed by atoms with Crippen molar-refractivity contribution in [2.75, 3.05) is 36.9 Å². The number of likely N-dealkylation sites (N-methyl/N-ethyl adjacent to an activating group) is 1. The van der Waals surface area contributed by atoms with Crippen LogP contribution in [0.3, 0.4) is 0 Å². The Hall–Kier alpha value is -3.39. The third-order valence-corrected chi connectivity index (χ3v) is 6.42. The number of hydrogen-bond acceptors (Lipinski definition) is 5. The van der Waals surface area contributed by atoms with Gasteiger partial charge in [0.15, 0.2) is 0 Å². The molecule has 3 rings (SSSR count). The highest BCUT2D eigenvalue weighted by Crippen LogP contribution is 2.26. The van der Waals surface area contributed by atoms with E-state index in [1.165, 1.54) is 18.1 Å². The predicted molar refractivity (Wildman–Crippen MR) is 150 cm³/mol. The topological polar surface area (TPSA) is 85.0 Å². The minimum absolute atomic E-state index is 0. The van der Waals surface area contributed by atoms with E-state index in [0.717, 1.165) is 24.1 Å². The normalized spacial score (nSPS) is 12.5. The summed E-state index contributed by atoms with van der Waals surface area (Å²) in [5.74, 6) is 0.165. The van der Waals surface area contributed by atoms with E-state index in [-0.39, 0.29) is 38.2 Å². The van der Waals surface area contributed by atoms with Crippen LogP contribution in [-0.4, -0.2) is 54.4 Å². The molecule has 8 nitrogen and oxygen atoms in total. The van der Waals surface area contributed by atoms with Gasteiger partial charge in [-0.2, -0.15) is 0 Å². The van der Waals surface area contributed by atoms with Crippen LogP contribution in [0.2, 0.25) is 0 Å². The highest BCUT2D eigenvalue weighted by molar-refractivity contribution is 5.91. The molecular weight excluding hydrogens is 466 g/mol. The minimum atomic E-state index is -0.177. The molecule has 2 aromatic carbocycles. The maximum absolute atomic E-state index is 13.4. The third-order valence-electron chi connectivity index (χ3n) is 6.42. The summed E-state index contributed by atoms with van der Waals surface area (Å²) < 4.78 is 0. The molecule has 0 atom stereocenters. The van der Waals surface area contributed by atoms with Gasteiger partial charge in [-0.1, -0.05) is 51.6 Å². The maximum atomic E-state index is 13.4. The van der Waals surface area contributed by atoms with Gasteiger partial charge in [-0.05, 0) is 54.5 Å². The average Bonchev–Trinajstić information content (AvgIpc) is 3.26. The minimum Gasteiger partial charge on any atom is -0.355 e. The van der Waals surface area contributed by atoms with Crippen molar-refractivity contribution in [1.29, 1.82) is 0 Å². The smallest absolute Gasteiger partial charge is 0.256 e. The zero-order valence-corrected chi connectivity index (χ0v) is 22.1. The van der Waals surface area contributed by atoms with Gasteiger partial charge in [-0.15, -0.1) is 0 Å². The molecule has 0 fully saturated rings. The SMILES string of the molecule is C.CC(=O)Nc1ccc(C)c(N(CC(=O)NCCCC(C)C)CC(=O)N(C)N2Cc3ccccc3C2)c1. The van der Waals surface area contributed by atoms with Crippen molar-refractivity contribution in [3.8, 4) is 0 Å². The Morgan fingerprint density at radius 3 is 2.27 bits per heavy atom. The number of hydrogen-bond donors (Lipinski definition) is 2. The van der Waals surface area contributed by atoms with E-state index in [2.05, 4.69) is 36.6 Å². The van der Waals surface area contributed by atoms with Crippen molar-refractivity contribution < 1.29 is 14.4 Å². The van der Waals surface area contributed by atoms with E-state index >= 15 is 0 Å². The van der Waals surface area contributed by atoms with Crippen LogP contribution in [0.1, 0.15) is 57.7 Å². The summed E-state index contributed by atoms with van der Waals surface area (Å²) in [6, 6.07) is 13.7. The first kappa shape index (κ1) is 29.8. The van der Waals surface area contributed by atoms with Crippen LogP contribution in [0, 0.1) is 12.8 Å². The number of fused-ring (bicyclic) bond motifs is 1. The van der Waals surface area contributed by atoms with E-state index in [9.17, 15) is 14.4 Å². The van der Waals surface area contributed by atoms with Crippen LogP contribution in [-0.2, 0) is 27.5 Å². The highest BCUT2D eigenvalue weighted by Gasteiger charge is 2.27. The number of aryl methyl sites for hydroxylation is 1. The summed E-state index contributed by atoms with van der Waals surface area (Å²) >= 11 is 0.